The van der Waals surface area contributed by atoms with Gasteiger partial charge < -0.3 is 19.3 Å². The van der Waals surface area contributed by atoms with Crippen molar-refractivity contribution in [2.24, 2.45) is 7.05 Å². The Morgan fingerprint density at radius 2 is 2.24 bits per heavy atom. The van der Waals surface area contributed by atoms with E-state index in [0.717, 1.165) is 17.0 Å². The number of hydrogen-bond acceptors (Lipinski definition) is 7. The Morgan fingerprint density at radius 3 is 2.93 bits per heavy atom. The van der Waals surface area contributed by atoms with Crippen LogP contribution in [-0.4, -0.2) is 53.4 Å². The zero-order valence-electron chi connectivity index (χ0n) is 16.5. The molecule has 3 aromatic heterocycles. The second-order valence-electron chi connectivity index (χ2n) is 7.20. The summed E-state index contributed by atoms with van der Waals surface area (Å²) in [5, 5.41) is 21.6. The van der Waals surface area contributed by atoms with Crippen LogP contribution in [0.3, 0.4) is 0 Å². The van der Waals surface area contributed by atoms with Gasteiger partial charge in [0.1, 0.15) is 12.1 Å². The van der Waals surface area contributed by atoms with Gasteiger partial charge >= 0.3 is 0 Å². The van der Waals surface area contributed by atoms with Gasteiger partial charge in [0, 0.05) is 25.2 Å². The van der Waals surface area contributed by atoms with Crippen LogP contribution < -0.4 is 5.32 Å². The van der Waals surface area contributed by atoms with Crippen molar-refractivity contribution in [2.45, 2.75) is 39.3 Å². The number of rotatable bonds is 5. The second kappa shape index (κ2) is 7.49. The molecule has 0 saturated carbocycles. The first-order valence-corrected chi connectivity index (χ1v) is 9.33. The summed E-state index contributed by atoms with van der Waals surface area (Å²) in [5.74, 6) is 0.862. The molecule has 1 aliphatic heterocycles. The molecule has 2 amide bonds. The number of aromatic amines is 1. The van der Waals surface area contributed by atoms with Gasteiger partial charge in [0.15, 0.2) is 11.5 Å². The maximum atomic E-state index is 12.7. The van der Waals surface area contributed by atoms with Crippen LogP contribution in [0.5, 0.6) is 0 Å². The largest absolute Gasteiger partial charge is 0.361 e. The Kier molecular flexibility index (Phi) is 4.87. The zero-order chi connectivity index (χ0) is 20.5. The van der Waals surface area contributed by atoms with E-state index in [9.17, 15) is 9.59 Å². The van der Waals surface area contributed by atoms with E-state index in [1.807, 2.05) is 20.9 Å². The van der Waals surface area contributed by atoms with Gasteiger partial charge in [0.2, 0.25) is 5.91 Å². The molecule has 1 unspecified atom stereocenters. The average molecular weight is 398 g/mol. The van der Waals surface area contributed by atoms with Crippen molar-refractivity contribution in [1.29, 1.82) is 0 Å². The van der Waals surface area contributed by atoms with Crippen LogP contribution in [0.25, 0.3) is 0 Å². The lowest BCUT2D eigenvalue weighted by molar-refractivity contribution is -0.131. The molecule has 29 heavy (non-hydrogen) atoms. The standard InChI is InChI=1S/C18H22N8O3/c1-10-6-12(29-24-10)7-15(27)26-5-4-13-14(8-26)21-22-16(13)18(28)20-11(2)17-23-19-9-25(17)3/h6,9,11H,4-5,7-8H2,1-3H3,(H,20,28)(H,21,22). The van der Waals surface area contributed by atoms with E-state index in [-0.39, 0.29) is 24.3 Å². The Hall–Kier alpha value is -3.50. The SMILES string of the molecule is Cc1cc(CC(=O)N2CCc3c(C(=O)NC(C)c4nncn4C)n[nH]c3C2)on1. The van der Waals surface area contributed by atoms with Gasteiger partial charge in [0.05, 0.1) is 30.4 Å². The van der Waals surface area contributed by atoms with Crippen LogP contribution in [0.1, 0.15) is 52.0 Å². The van der Waals surface area contributed by atoms with Gasteiger partial charge in [-0.05, 0) is 20.3 Å². The minimum absolute atomic E-state index is 0.0525. The molecule has 0 aromatic carbocycles. The van der Waals surface area contributed by atoms with Crippen LogP contribution >= 0.6 is 0 Å². The van der Waals surface area contributed by atoms with E-state index < -0.39 is 0 Å². The first-order chi connectivity index (χ1) is 13.9. The molecular weight excluding hydrogens is 376 g/mol. The number of aromatic nitrogens is 6. The van der Waals surface area contributed by atoms with Gasteiger partial charge in [-0.25, -0.2) is 0 Å². The molecule has 0 saturated heterocycles. The highest BCUT2D eigenvalue weighted by Crippen LogP contribution is 2.22. The lowest BCUT2D eigenvalue weighted by Gasteiger charge is -2.26. The molecule has 11 nitrogen and oxygen atoms in total. The van der Waals surface area contributed by atoms with Crippen molar-refractivity contribution in [3.63, 3.8) is 0 Å². The minimum atomic E-state index is -0.311. The number of carbonyl (C=O) groups is 2. The summed E-state index contributed by atoms with van der Waals surface area (Å²) in [4.78, 5) is 27.0. The van der Waals surface area contributed by atoms with Gasteiger partial charge in [-0.2, -0.15) is 5.10 Å². The fourth-order valence-corrected chi connectivity index (χ4v) is 3.49. The molecule has 0 fully saturated rings. The van der Waals surface area contributed by atoms with E-state index >= 15 is 0 Å². The number of carbonyl (C=O) groups excluding carboxylic acids is 2. The van der Waals surface area contributed by atoms with Gasteiger partial charge in [0.25, 0.3) is 5.91 Å². The van der Waals surface area contributed by atoms with E-state index in [1.54, 1.807) is 21.9 Å². The Bertz CT molecular complexity index is 1050. The fourth-order valence-electron chi connectivity index (χ4n) is 3.49. The predicted octanol–water partition coefficient (Wildman–Crippen LogP) is 0.453. The molecule has 0 radical (unpaired) electrons. The quantitative estimate of drug-likeness (QED) is 0.637. The van der Waals surface area contributed by atoms with E-state index in [4.69, 9.17) is 4.52 Å². The number of nitrogens with zero attached hydrogens (tertiary/aromatic N) is 6. The summed E-state index contributed by atoms with van der Waals surface area (Å²) < 4.78 is 6.88. The number of H-pyrrole nitrogens is 1. The second-order valence-corrected chi connectivity index (χ2v) is 7.20. The number of fused-ring (bicyclic) bond motifs is 1. The normalized spacial score (nSPS) is 14.5. The van der Waals surface area contributed by atoms with Crippen molar-refractivity contribution in [1.82, 2.24) is 40.3 Å². The molecule has 0 bridgehead atoms. The van der Waals surface area contributed by atoms with Crippen molar-refractivity contribution < 1.29 is 14.1 Å². The molecule has 1 atom stereocenters. The third-order valence-corrected chi connectivity index (χ3v) is 4.98. The maximum Gasteiger partial charge on any atom is 0.272 e. The van der Waals surface area contributed by atoms with Crippen LogP contribution in [0.15, 0.2) is 16.9 Å². The van der Waals surface area contributed by atoms with Crippen molar-refractivity contribution in [3.05, 3.63) is 46.6 Å². The van der Waals surface area contributed by atoms with Crippen molar-refractivity contribution in [2.75, 3.05) is 6.54 Å². The lowest BCUT2D eigenvalue weighted by Crippen LogP contribution is -2.37. The van der Waals surface area contributed by atoms with Crippen molar-refractivity contribution >= 4 is 11.8 Å². The van der Waals surface area contributed by atoms with Gasteiger partial charge in [-0.1, -0.05) is 5.16 Å². The van der Waals surface area contributed by atoms with Crippen molar-refractivity contribution in [3.8, 4) is 0 Å². The third kappa shape index (κ3) is 3.75. The monoisotopic (exact) mass is 398 g/mol. The Labute approximate surface area is 166 Å². The topological polar surface area (TPSA) is 135 Å². The van der Waals surface area contributed by atoms with E-state index in [2.05, 4.69) is 30.9 Å². The first-order valence-electron chi connectivity index (χ1n) is 9.33. The minimum Gasteiger partial charge on any atom is -0.361 e. The highest BCUT2D eigenvalue weighted by Gasteiger charge is 2.28. The first kappa shape index (κ1) is 18.8. The Morgan fingerprint density at radius 1 is 1.41 bits per heavy atom. The molecule has 0 aliphatic carbocycles. The molecule has 4 heterocycles. The smallest absolute Gasteiger partial charge is 0.272 e. The van der Waals surface area contributed by atoms with E-state index in [0.29, 0.717) is 36.8 Å². The summed E-state index contributed by atoms with van der Waals surface area (Å²) in [6, 6.07) is 1.44. The maximum absolute atomic E-state index is 12.7. The average Bonchev–Trinajstić information content (AvgIpc) is 3.40. The highest BCUT2D eigenvalue weighted by molar-refractivity contribution is 5.94. The summed E-state index contributed by atoms with van der Waals surface area (Å²) >= 11 is 0. The van der Waals surface area contributed by atoms with Crippen LogP contribution in [0, 0.1) is 6.92 Å². The Balaban J connectivity index is 1.42. The van der Waals surface area contributed by atoms with Crippen LogP contribution in [0.4, 0.5) is 0 Å². The molecular formula is C18H22N8O3. The summed E-state index contributed by atoms with van der Waals surface area (Å²) in [6.45, 7) is 4.54. The van der Waals surface area contributed by atoms with Crippen LogP contribution in [-0.2, 0) is 31.2 Å². The molecule has 2 N–H and O–H groups in total. The number of amides is 2. The lowest BCUT2D eigenvalue weighted by atomic mass is 10.0. The summed E-state index contributed by atoms with van der Waals surface area (Å²) in [6.07, 6.45) is 2.29. The van der Waals surface area contributed by atoms with Gasteiger partial charge in [-0.15, -0.1) is 10.2 Å². The number of hydrogen-bond donors (Lipinski definition) is 2. The number of aryl methyl sites for hydroxylation is 2. The predicted molar refractivity (Wildman–Crippen MR) is 99.5 cm³/mol. The zero-order valence-corrected chi connectivity index (χ0v) is 16.5. The molecule has 3 aromatic rings. The highest BCUT2D eigenvalue weighted by atomic mass is 16.5. The van der Waals surface area contributed by atoms with E-state index in [1.165, 1.54) is 0 Å². The molecule has 4 rings (SSSR count). The molecule has 152 valence electrons. The fraction of sp³-hybridized carbons (Fsp3) is 0.444. The number of nitrogens with one attached hydrogen (secondary N) is 2. The molecule has 11 heteroatoms. The molecule has 1 aliphatic rings. The summed E-state index contributed by atoms with van der Waals surface area (Å²) in [5.41, 5.74) is 2.71. The molecule has 0 spiro atoms. The van der Waals surface area contributed by atoms with Crippen LogP contribution in [0.2, 0.25) is 0 Å². The summed E-state index contributed by atoms with van der Waals surface area (Å²) in [7, 11) is 1.82. The third-order valence-electron chi connectivity index (χ3n) is 4.98. The van der Waals surface area contributed by atoms with Gasteiger partial charge in [-0.3, -0.25) is 14.7 Å².